The van der Waals surface area contributed by atoms with E-state index in [4.69, 9.17) is 9.47 Å². The van der Waals surface area contributed by atoms with Gasteiger partial charge in [-0.05, 0) is 64.3 Å². The third-order valence-electron chi connectivity index (χ3n) is 7.16. The number of esters is 1. The Bertz CT molecular complexity index is 1570. The van der Waals surface area contributed by atoms with Crippen LogP contribution >= 0.6 is 0 Å². The van der Waals surface area contributed by atoms with Gasteiger partial charge in [-0.1, -0.05) is 23.3 Å². The van der Waals surface area contributed by atoms with Crippen molar-refractivity contribution in [1.82, 2.24) is 0 Å². The van der Waals surface area contributed by atoms with Crippen molar-refractivity contribution in [2.75, 3.05) is 0 Å². The zero-order valence-electron chi connectivity index (χ0n) is 23.8. The molecule has 0 radical (unpaired) electrons. The number of carbonyl (C=O) groups is 1. The van der Waals surface area contributed by atoms with Crippen LogP contribution in [0.4, 0.5) is 0 Å². The highest BCUT2D eigenvalue weighted by Crippen LogP contribution is 2.48. The maximum atomic E-state index is 13.1. The van der Waals surface area contributed by atoms with Gasteiger partial charge in [-0.15, -0.1) is 0 Å². The molecule has 0 saturated heterocycles. The lowest BCUT2D eigenvalue weighted by Crippen LogP contribution is -2.35. The molecule has 11 heteroatoms. The molecule has 228 valence electrons. The zero-order valence-corrected chi connectivity index (χ0v) is 23.8. The van der Waals surface area contributed by atoms with Crippen LogP contribution in [0.25, 0.3) is 0 Å². The third-order valence-corrected chi connectivity index (χ3v) is 7.16. The van der Waals surface area contributed by atoms with Crippen molar-refractivity contribution in [3.63, 3.8) is 0 Å². The molecule has 0 fully saturated rings. The van der Waals surface area contributed by atoms with Crippen LogP contribution in [0.15, 0.2) is 53.6 Å². The number of fused-ring (bicyclic) bond motifs is 1. The summed E-state index contributed by atoms with van der Waals surface area (Å²) in [6.45, 7) is 6.00. The van der Waals surface area contributed by atoms with Crippen molar-refractivity contribution >= 4 is 5.97 Å². The summed E-state index contributed by atoms with van der Waals surface area (Å²) >= 11 is 0. The maximum Gasteiger partial charge on any atom is 0.338 e. The van der Waals surface area contributed by atoms with E-state index in [1.54, 1.807) is 0 Å². The Hall–Kier alpha value is -5.19. The highest BCUT2D eigenvalue weighted by Gasteiger charge is 2.39. The van der Waals surface area contributed by atoms with Gasteiger partial charge in [0.15, 0.2) is 40.6 Å². The molecule has 0 saturated carbocycles. The molecule has 1 aliphatic heterocycles. The van der Waals surface area contributed by atoms with Crippen molar-refractivity contribution in [3.05, 3.63) is 75.9 Å². The highest BCUT2D eigenvalue weighted by molar-refractivity contribution is 5.91. The predicted molar refractivity (Wildman–Crippen MR) is 155 cm³/mol. The normalized spacial score (nSPS) is 16.2. The fraction of sp³-hybridized carbons (Fsp3) is 0.281. The number of benzene rings is 3. The zero-order chi connectivity index (χ0) is 31.6. The highest BCUT2D eigenvalue weighted by atomic mass is 16.6. The molecule has 0 aromatic heterocycles. The minimum Gasteiger partial charge on any atom is -0.507 e. The van der Waals surface area contributed by atoms with Crippen LogP contribution in [0, 0.1) is 0 Å². The van der Waals surface area contributed by atoms with Gasteiger partial charge in [0.1, 0.15) is 23.4 Å². The molecule has 0 bridgehead atoms. The molecule has 0 aliphatic carbocycles. The van der Waals surface area contributed by atoms with E-state index in [0.717, 1.165) is 48.7 Å². The molecule has 4 rings (SSSR count). The van der Waals surface area contributed by atoms with Gasteiger partial charge in [0, 0.05) is 29.2 Å². The average Bonchev–Trinajstić information content (AvgIpc) is 2.93. The third kappa shape index (κ3) is 6.66. The van der Waals surface area contributed by atoms with Gasteiger partial charge < -0.3 is 50.3 Å². The topological polar surface area (TPSA) is 197 Å². The molecule has 0 spiro atoms. The van der Waals surface area contributed by atoms with Gasteiger partial charge in [-0.3, -0.25) is 0 Å². The van der Waals surface area contributed by atoms with Crippen LogP contribution in [0.3, 0.4) is 0 Å². The van der Waals surface area contributed by atoms with Crippen LogP contribution in [-0.4, -0.2) is 52.9 Å². The Morgan fingerprint density at radius 2 is 1.40 bits per heavy atom. The first-order chi connectivity index (χ1) is 20.3. The number of carbonyl (C=O) groups excluding carboxylic acids is 1. The van der Waals surface area contributed by atoms with Crippen molar-refractivity contribution in [2.45, 2.75) is 58.7 Å². The largest absolute Gasteiger partial charge is 0.507 e. The van der Waals surface area contributed by atoms with Gasteiger partial charge in [-0.2, -0.15) is 0 Å². The van der Waals surface area contributed by atoms with E-state index >= 15 is 0 Å². The number of hydrogen-bond donors (Lipinski definition) is 8. The summed E-state index contributed by atoms with van der Waals surface area (Å²) in [5.41, 5.74) is 2.63. The molecule has 8 N–H and O–H groups in total. The van der Waals surface area contributed by atoms with Gasteiger partial charge in [-0.25, -0.2) is 4.79 Å². The maximum absolute atomic E-state index is 13.1. The van der Waals surface area contributed by atoms with Crippen LogP contribution in [0.2, 0.25) is 0 Å². The summed E-state index contributed by atoms with van der Waals surface area (Å²) in [5, 5.41) is 81.1. The number of phenolic OH excluding ortho intramolecular Hbond substituents is 8. The number of phenols is 8. The van der Waals surface area contributed by atoms with Crippen molar-refractivity contribution < 1.29 is 55.1 Å². The number of ether oxygens (including phenoxy) is 2. The van der Waals surface area contributed by atoms with Crippen LogP contribution < -0.4 is 4.74 Å². The van der Waals surface area contributed by atoms with Crippen molar-refractivity contribution in [3.8, 4) is 51.7 Å². The monoisotopic (exact) mass is 594 g/mol. The van der Waals surface area contributed by atoms with Crippen LogP contribution in [0.5, 0.6) is 51.7 Å². The Labute approximate surface area is 247 Å². The van der Waals surface area contributed by atoms with E-state index in [0.29, 0.717) is 5.56 Å². The second-order valence-corrected chi connectivity index (χ2v) is 10.7. The van der Waals surface area contributed by atoms with E-state index < -0.39 is 52.7 Å². The van der Waals surface area contributed by atoms with Crippen LogP contribution in [0.1, 0.15) is 66.8 Å². The summed E-state index contributed by atoms with van der Waals surface area (Å²) in [5.74, 6) is -5.92. The van der Waals surface area contributed by atoms with Gasteiger partial charge in [0.05, 0.1) is 5.56 Å². The summed E-state index contributed by atoms with van der Waals surface area (Å²) < 4.78 is 11.9. The molecule has 3 aromatic rings. The molecular weight excluding hydrogens is 560 g/mol. The number of aromatic hydroxyl groups is 8. The SMILES string of the molecule is CC(C)=CCC/C(C)=C\Cc1c(O)cc(O)c2c1O[C@H](c1cc(O)c(O)c(O)c1)[C@H](OC(=O)c1cc(O)c(O)c(O)c1)C2. The molecule has 43 heavy (non-hydrogen) atoms. The Morgan fingerprint density at radius 1 is 0.814 bits per heavy atom. The lowest BCUT2D eigenvalue weighted by Gasteiger charge is -2.35. The van der Waals surface area contributed by atoms with Gasteiger partial charge >= 0.3 is 5.97 Å². The quantitative estimate of drug-likeness (QED) is 0.0935. The van der Waals surface area contributed by atoms with Crippen molar-refractivity contribution in [2.24, 2.45) is 0 Å². The molecule has 3 aromatic carbocycles. The van der Waals surface area contributed by atoms with E-state index in [1.165, 1.54) is 5.57 Å². The first-order valence-electron chi connectivity index (χ1n) is 13.5. The number of rotatable bonds is 8. The fourth-order valence-electron chi connectivity index (χ4n) is 4.84. The van der Waals surface area contributed by atoms with Crippen molar-refractivity contribution in [1.29, 1.82) is 0 Å². The van der Waals surface area contributed by atoms with E-state index in [-0.39, 0.29) is 46.8 Å². The minimum absolute atomic E-state index is 0.0925. The number of allylic oxidation sites excluding steroid dienone is 4. The minimum atomic E-state index is -1.23. The molecule has 1 aliphatic rings. The first-order valence-corrected chi connectivity index (χ1v) is 13.5. The summed E-state index contributed by atoms with van der Waals surface area (Å²) in [4.78, 5) is 13.1. The molecule has 1 heterocycles. The molecule has 2 atom stereocenters. The molecular formula is C32H34O11. The first kappa shape index (κ1) is 30.8. The van der Waals surface area contributed by atoms with Gasteiger partial charge in [0.2, 0.25) is 0 Å². The summed E-state index contributed by atoms with van der Waals surface area (Å²) in [7, 11) is 0. The van der Waals surface area contributed by atoms with E-state index in [1.807, 2.05) is 26.8 Å². The molecule has 0 amide bonds. The van der Waals surface area contributed by atoms with Gasteiger partial charge in [0.25, 0.3) is 0 Å². The van der Waals surface area contributed by atoms with E-state index in [9.17, 15) is 45.6 Å². The second-order valence-electron chi connectivity index (χ2n) is 10.7. The average molecular weight is 595 g/mol. The lowest BCUT2D eigenvalue weighted by atomic mass is 9.90. The molecule has 11 nitrogen and oxygen atoms in total. The smallest absolute Gasteiger partial charge is 0.338 e. The molecule has 0 unspecified atom stereocenters. The van der Waals surface area contributed by atoms with Crippen LogP contribution in [-0.2, 0) is 17.6 Å². The Morgan fingerprint density at radius 3 is 1.98 bits per heavy atom. The second kappa shape index (κ2) is 12.4. The summed E-state index contributed by atoms with van der Waals surface area (Å²) in [6, 6.07) is 5.17. The van der Waals surface area contributed by atoms with E-state index in [2.05, 4.69) is 6.08 Å². The number of hydrogen-bond acceptors (Lipinski definition) is 11. The lowest BCUT2D eigenvalue weighted by molar-refractivity contribution is -0.0192. The standard InChI is InChI=1S/C32H34O11/c1-15(2)5-4-6-16(3)7-8-19-21(33)14-22(34)20-13-27(42-32(41)18-11-25(37)29(40)26(38)12-18)30(43-31(19)20)17-9-23(35)28(39)24(36)10-17/h5,7,9-12,14,27,30,33-40H,4,6,8,13H2,1-3H3/b16-7-/t27-,30-/m1/s1. The summed E-state index contributed by atoms with van der Waals surface area (Å²) in [6.07, 6.45) is 3.34. The Balaban J connectivity index is 1.75. The Kier molecular flexibility index (Phi) is 8.84. The predicted octanol–water partition coefficient (Wildman–Crippen LogP) is 5.47. The fourth-order valence-corrected chi connectivity index (χ4v) is 4.84.